The summed E-state index contributed by atoms with van der Waals surface area (Å²) in [5, 5.41) is 4.77. The first-order valence-corrected chi connectivity index (χ1v) is 8.15. The van der Waals surface area contributed by atoms with E-state index in [0.29, 0.717) is 5.92 Å². The maximum Gasteiger partial charge on any atom is 0.0548 e. The summed E-state index contributed by atoms with van der Waals surface area (Å²) in [4.78, 5) is 3.49. The zero-order valence-corrected chi connectivity index (χ0v) is 13.8. The summed E-state index contributed by atoms with van der Waals surface area (Å²) < 4.78 is 0. The van der Waals surface area contributed by atoms with Crippen molar-refractivity contribution in [1.29, 1.82) is 0 Å². The van der Waals surface area contributed by atoms with Gasteiger partial charge in [-0.1, -0.05) is 26.8 Å². The van der Waals surface area contributed by atoms with Gasteiger partial charge in [-0.3, -0.25) is 0 Å². The molecule has 2 nitrogen and oxygen atoms in total. The average Bonchev–Trinajstić information content (AvgIpc) is 2.79. The van der Waals surface area contributed by atoms with E-state index < -0.39 is 0 Å². The summed E-state index contributed by atoms with van der Waals surface area (Å²) in [5.74, 6) is 0.703. The molecule has 1 heterocycles. The number of hydrogen-bond acceptors (Lipinski definition) is 1. The smallest absolute Gasteiger partial charge is 0.0548 e. The second-order valence-electron chi connectivity index (χ2n) is 5.82. The third kappa shape index (κ3) is 3.49. The van der Waals surface area contributed by atoms with Crippen LogP contribution in [0.25, 0.3) is 10.9 Å². The van der Waals surface area contributed by atoms with Crippen LogP contribution in [0.2, 0.25) is 0 Å². The molecule has 3 rings (SSSR count). The van der Waals surface area contributed by atoms with Gasteiger partial charge in [0, 0.05) is 16.9 Å². The van der Waals surface area contributed by atoms with Crippen molar-refractivity contribution in [3.05, 3.63) is 47.3 Å². The van der Waals surface area contributed by atoms with Crippen molar-refractivity contribution in [2.45, 2.75) is 53.5 Å². The third-order valence-electron chi connectivity index (χ3n) is 4.39. The number of benzene rings is 1. The summed E-state index contributed by atoms with van der Waals surface area (Å²) in [6, 6.07) is 6.73. The van der Waals surface area contributed by atoms with Crippen molar-refractivity contribution < 1.29 is 0 Å². The number of allylic oxidation sites excluding steroid dienone is 1. The first-order valence-electron chi connectivity index (χ1n) is 8.15. The molecule has 0 saturated heterocycles. The molecule has 1 fully saturated rings. The van der Waals surface area contributed by atoms with Crippen LogP contribution in [0.4, 0.5) is 0 Å². The highest BCUT2D eigenvalue weighted by molar-refractivity contribution is 5.82. The van der Waals surface area contributed by atoms with Gasteiger partial charge in [-0.25, -0.2) is 0 Å². The fraction of sp³-hybridized carbons (Fsp3) is 0.474. The fourth-order valence-electron chi connectivity index (χ4n) is 2.67. The van der Waals surface area contributed by atoms with E-state index in [4.69, 9.17) is 0 Å². The van der Waals surface area contributed by atoms with Gasteiger partial charge >= 0.3 is 0 Å². The minimum absolute atomic E-state index is 0.703. The quantitative estimate of drug-likeness (QED) is 0.792. The predicted octanol–water partition coefficient (Wildman–Crippen LogP) is 5.21. The predicted molar refractivity (Wildman–Crippen MR) is 92.4 cm³/mol. The highest BCUT2D eigenvalue weighted by Gasteiger charge is 2.20. The van der Waals surface area contributed by atoms with E-state index in [1.165, 1.54) is 52.7 Å². The second kappa shape index (κ2) is 6.84. The molecule has 0 unspecified atom stereocenters. The van der Waals surface area contributed by atoms with Gasteiger partial charge in [0.2, 0.25) is 0 Å². The molecule has 0 radical (unpaired) electrons. The molecule has 2 heteroatoms. The Balaban J connectivity index is 0.000000774. The van der Waals surface area contributed by atoms with Crippen molar-refractivity contribution in [1.82, 2.24) is 10.3 Å². The molecule has 0 spiro atoms. The van der Waals surface area contributed by atoms with Crippen molar-refractivity contribution in [3.63, 3.8) is 0 Å². The zero-order chi connectivity index (χ0) is 15.4. The summed E-state index contributed by atoms with van der Waals surface area (Å²) in [6.45, 7) is 13.3. The Bertz CT molecular complexity index is 579. The molecule has 1 aliphatic rings. The van der Waals surface area contributed by atoms with Crippen LogP contribution >= 0.6 is 0 Å². The van der Waals surface area contributed by atoms with Gasteiger partial charge in [0.1, 0.15) is 0 Å². The Morgan fingerprint density at radius 1 is 1.19 bits per heavy atom. The van der Waals surface area contributed by atoms with Crippen LogP contribution in [0, 0.1) is 19.8 Å². The molecule has 0 atom stereocenters. The maximum atomic E-state index is 4.15. The number of H-pyrrole nitrogens is 1. The van der Waals surface area contributed by atoms with Crippen LogP contribution in [0.5, 0.6) is 0 Å². The third-order valence-corrected chi connectivity index (χ3v) is 4.39. The Kier molecular flexibility index (Phi) is 5.11. The zero-order valence-electron chi connectivity index (χ0n) is 13.8. The van der Waals surface area contributed by atoms with Crippen molar-refractivity contribution in [2.75, 3.05) is 0 Å². The standard InChI is InChI=1S/C17H22N2.C2H6/c1-11-7-15-9-16(19-17(15)8-12(11)2)10-18-13(3)14-5-4-6-14;1-2/h7-9,14,18-19H,3-6,10H2,1-2H3;1-2H3. The number of aryl methyl sites for hydroxylation is 2. The molecule has 1 aromatic heterocycles. The lowest BCUT2D eigenvalue weighted by atomic mass is 9.83. The monoisotopic (exact) mass is 284 g/mol. The molecule has 0 aliphatic heterocycles. The van der Waals surface area contributed by atoms with Gasteiger partial charge in [-0.05, 0) is 67.3 Å². The second-order valence-corrected chi connectivity index (χ2v) is 5.82. The Morgan fingerprint density at radius 3 is 2.48 bits per heavy atom. The molecule has 2 aromatic rings. The maximum absolute atomic E-state index is 4.15. The summed E-state index contributed by atoms with van der Waals surface area (Å²) in [5.41, 5.74) is 6.37. The minimum atomic E-state index is 0.703. The van der Waals surface area contributed by atoms with Crippen LogP contribution in [0.15, 0.2) is 30.5 Å². The lowest BCUT2D eigenvalue weighted by Gasteiger charge is -2.28. The van der Waals surface area contributed by atoms with E-state index >= 15 is 0 Å². The largest absolute Gasteiger partial charge is 0.383 e. The number of rotatable bonds is 4. The van der Waals surface area contributed by atoms with Gasteiger partial charge in [-0.15, -0.1) is 0 Å². The van der Waals surface area contributed by atoms with E-state index in [0.717, 1.165) is 6.54 Å². The number of aromatic amines is 1. The molecule has 114 valence electrons. The fourth-order valence-corrected chi connectivity index (χ4v) is 2.67. The topological polar surface area (TPSA) is 27.8 Å². The van der Waals surface area contributed by atoms with Gasteiger partial charge < -0.3 is 10.3 Å². The summed E-state index contributed by atoms with van der Waals surface area (Å²) >= 11 is 0. The average molecular weight is 284 g/mol. The van der Waals surface area contributed by atoms with Gasteiger partial charge in [0.15, 0.2) is 0 Å². The van der Waals surface area contributed by atoms with Gasteiger partial charge in [-0.2, -0.15) is 0 Å². The molecule has 2 N–H and O–H groups in total. The molecule has 1 aliphatic carbocycles. The Labute approximate surface area is 128 Å². The SMILES string of the molecule is C=C(NCc1cc2cc(C)c(C)cc2[nH]1)C1CCC1.CC. The van der Waals surface area contributed by atoms with Gasteiger partial charge in [0.25, 0.3) is 0 Å². The van der Waals surface area contributed by atoms with Crippen molar-refractivity contribution in [2.24, 2.45) is 5.92 Å². The summed E-state index contributed by atoms with van der Waals surface area (Å²) in [7, 11) is 0. The Morgan fingerprint density at radius 2 is 1.86 bits per heavy atom. The van der Waals surface area contributed by atoms with Crippen LogP contribution in [0.1, 0.15) is 49.9 Å². The number of fused-ring (bicyclic) bond motifs is 1. The van der Waals surface area contributed by atoms with Crippen molar-refractivity contribution in [3.8, 4) is 0 Å². The molecule has 1 aromatic carbocycles. The normalized spacial score (nSPS) is 14.3. The van der Waals surface area contributed by atoms with Crippen LogP contribution < -0.4 is 5.32 Å². The first kappa shape index (κ1) is 15.7. The van der Waals surface area contributed by atoms with Crippen LogP contribution in [-0.2, 0) is 6.54 Å². The Hall–Kier alpha value is -1.70. The minimum Gasteiger partial charge on any atom is -0.383 e. The van der Waals surface area contributed by atoms with E-state index in [1.807, 2.05) is 13.8 Å². The number of aromatic nitrogens is 1. The molecular weight excluding hydrogens is 256 g/mol. The molecule has 0 amide bonds. The lowest BCUT2D eigenvalue weighted by molar-refractivity contribution is 0.350. The lowest BCUT2D eigenvalue weighted by Crippen LogP contribution is -2.24. The number of nitrogens with one attached hydrogen (secondary N) is 2. The molecule has 0 bridgehead atoms. The summed E-state index contributed by atoms with van der Waals surface area (Å²) in [6.07, 6.45) is 3.96. The van der Waals surface area contributed by atoms with Crippen molar-refractivity contribution >= 4 is 10.9 Å². The highest BCUT2D eigenvalue weighted by atomic mass is 14.9. The van der Waals surface area contributed by atoms with Crippen LogP contribution in [0.3, 0.4) is 0 Å². The first-order chi connectivity index (χ1) is 10.1. The molecule has 1 saturated carbocycles. The molecular formula is C19H28N2. The highest BCUT2D eigenvalue weighted by Crippen LogP contribution is 2.31. The van der Waals surface area contributed by atoms with E-state index in [-0.39, 0.29) is 0 Å². The molecule has 21 heavy (non-hydrogen) atoms. The van der Waals surface area contributed by atoms with E-state index in [2.05, 4.69) is 48.9 Å². The van der Waals surface area contributed by atoms with Gasteiger partial charge in [0.05, 0.1) is 6.54 Å². The van der Waals surface area contributed by atoms with E-state index in [9.17, 15) is 0 Å². The van der Waals surface area contributed by atoms with E-state index in [1.54, 1.807) is 0 Å². The van der Waals surface area contributed by atoms with Crippen LogP contribution in [-0.4, -0.2) is 4.98 Å². The number of hydrogen-bond donors (Lipinski definition) is 2.